The van der Waals surface area contributed by atoms with Crippen LogP contribution in [0.15, 0.2) is 5.51 Å². The Morgan fingerprint density at radius 2 is 2.19 bits per heavy atom. The molecular formula is C10H14N4S2. The molecule has 2 aromatic rings. The molecule has 2 rings (SSSR count). The number of nitrogens with one attached hydrogen (secondary N) is 1. The molecule has 1 N–H and O–H groups in total. The lowest BCUT2D eigenvalue weighted by molar-refractivity contribution is 0.888. The Morgan fingerprint density at radius 1 is 1.38 bits per heavy atom. The highest BCUT2D eigenvalue weighted by Crippen LogP contribution is 2.32. The van der Waals surface area contributed by atoms with E-state index in [2.05, 4.69) is 41.3 Å². The number of anilines is 1. The van der Waals surface area contributed by atoms with Crippen molar-refractivity contribution in [3.05, 3.63) is 11.2 Å². The molecule has 0 saturated carbocycles. The van der Waals surface area contributed by atoms with Crippen LogP contribution in [0.5, 0.6) is 0 Å². The van der Waals surface area contributed by atoms with E-state index in [4.69, 9.17) is 0 Å². The lowest BCUT2D eigenvalue weighted by atomic mass is 10.3. The van der Waals surface area contributed by atoms with E-state index in [1.165, 1.54) is 0 Å². The minimum atomic E-state index is 0.382. The maximum Gasteiger partial charge on any atom is 0.206 e. The number of hydrogen-bond donors (Lipinski definition) is 1. The Morgan fingerprint density at radius 3 is 2.88 bits per heavy atom. The van der Waals surface area contributed by atoms with Crippen LogP contribution in [0.4, 0.5) is 5.13 Å². The molecule has 0 atom stereocenters. The van der Waals surface area contributed by atoms with Gasteiger partial charge >= 0.3 is 0 Å². The summed E-state index contributed by atoms with van der Waals surface area (Å²) in [7, 11) is 0. The maximum atomic E-state index is 4.32. The van der Waals surface area contributed by atoms with Gasteiger partial charge < -0.3 is 5.32 Å². The lowest BCUT2D eigenvalue weighted by Gasteiger charge is -2.03. The summed E-state index contributed by atoms with van der Waals surface area (Å²) < 4.78 is 0. The molecule has 2 heterocycles. The van der Waals surface area contributed by atoms with Gasteiger partial charge in [-0.2, -0.15) is 0 Å². The van der Waals surface area contributed by atoms with E-state index in [-0.39, 0.29) is 0 Å². The molecule has 0 spiro atoms. The number of aryl methyl sites for hydroxylation is 1. The zero-order chi connectivity index (χ0) is 11.5. The van der Waals surface area contributed by atoms with Crippen LogP contribution >= 0.6 is 22.7 Å². The van der Waals surface area contributed by atoms with Gasteiger partial charge in [0.25, 0.3) is 0 Å². The lowest BCUT2D eigenvalue weighted by Crippen LogP contribution is -2.08. The predicted octanol–water partition coefficient (Wildman–Crippen LogP) is 3.04. The minimum Gasteiger partial charge on any atom is -0.358 e. The second kappa shape index (κ2) is 4.88. The van der Waals surface area contributed by atoms with Gasteiger partial charge in [-0.3, -0.25) is 0 Å². The van der Waals surface area contributed by atoms with Crippen LogP contribution in [-0.2, 0) is 6.42 Å². The van der Waals surface area contributed by atoms with Crippen molar-refractivity contribution in [3.63, 3.8) is 0 Å². The van der Waals surface area contributed by atoms with Crippen LogP contribution in [-0.4, -0.2) is 21.2 Å². The zero-order valence-corrected chi connectivity index (χ0v) is 11.2. The summed E-state index contributed by atoms with van der Waals surface area (Å²) >= 11 is 3.21. The molecule has 0 saturated heterocycles. The van der Waals surface area contributed by atoms with Crippen LogP contribution in [0.1, 0.15) is 26.5 Å². The van der Waals surface area contributed by atoms with Gasteiger partial charge in [-0.15, -0.1) is 21.5 Å². The first-order valence-corrected chi connectivity index (χ1v) is 6.93. The normalized spacial score (nSPS) is 11.0. The molecule has 4 nitrogen and oxygen atoms in total. The summed E-state index contributed by atoms with van der Waals surface area (Å²) in [4.78, 5) is 5.47. The van der Waals surface area contributed by atoms with Crippen LogP contribution in [0.3, 0.4) is 0 Å². The number of aromatic nitrogens is 3. The Hall–Kier alpha value is -1.01. The third-order valence-electron chi connectivity index (χ3n) is 2.01. The summed E-state index contributed by atoms with van der Waals surface area (Å²) in [6, 6.07) is 0.382. The fourth-order valence-corrected chi connectivity index (χ4v) is 3.20. The van der Waals surface area contributed by atoms with E-state index >= 15 is 0 Å². The largest absolute Gasteiger partial charge is 0.358 e. The molecule has 6 heteroatoms. The number of nitrogens with zero attached hydrogens (tertiary/aromatic N) is 3. The average Bonchev–Trinajstić information content (AvgIpc) is 2.83. The van der Waals surface area contributed by atoms with E-state index in [9.17, 15) is 0 Å². The molecule has 86 valence electrons. The molecule has 0 aliphatic rings. The van der Waals surface area contributed by atoms with Gasteiger partial charge in [0.1, 0.15) is 0 Å². The van der Waals surface area contributed by atoms with Crippen molar-refractivity contribution in [2.45, 2.75) is 33.2 Å². The van der Waals surface area contributed by atoms with Crippen molar-refractivity contribution in [2.75, 3.05) is 5.32 Å². The fraction of sp³-hybridized carbons (Fsp3) is 0.500. The highest BCUT2D eigenvalue weighted by Gasteiger charge is 2.12. The Kier molecular flexibility index (Phi) is 3.50. The van der Waals surface area contributed by atoms with Crippen molar-refractivity contribution >= 4 is 27.8 Å². The first kappa shape index (κ1) is 11.5. The van der Waals surface area contributed by atoms with E-state index in [0.29, 0.717) is 6.04 Å². The minimum absolute atomic E-state index is 0.382. The quantitative estimate of drug-likeness (QED) is 0.911. The number of rotatable bonds is 4. The van der Waals surface area contributed by atoms with E-state index in [0.717, 1.165) is 27.1 Å². The molecule has 2 aromatic heterocycles. The van der Waals surface area contributed by atoms with Gasteiger partial charge in [-0.05, 0) is 20.3 Å². The van der Waals surface area contributed by atoms with E-state index in [1.807, 2.05) is 5.51 Å². The number of thiazole rings is 1. The molecule has 0 amide bonds. The molecule has 0 radical (unpaired) electrons. The molecule has 0 aromatic carbocycles. The van der Waals surface area contributed by atoms with Gasteiger partial charge in [0.05, 0.1) is 16.1 Å². The van der Waals surface area contributed by atoms with Crippen molar-refractivity contribution in [1.82, 2.24) is 15.2 Å². The Balaban J connectivity index is 2.24. The number of hydrogen-bond acceptors (Lipinski definition) is 6. The topological polar surface area (TPSA) is 50.7 Å². The average molecular weight is 254 g/mol. The van der Waals surface area contributed by atoms with Gasteiger partial charge in [0, 0.05) is 6.04 Å². The smallest absolute Gasteiger partial charge is 0.206 e. The zero-order valence-electron chi connectivity index (χ0n) is 9.52. The van der Waals surface area contributed by atoms with E-state index < -0.39 is 0 Å². The molecule has 0 fully saturated rings. The fourth-order valence-electron chi connectivity index (χ4n) is 1.32. The summed E-state index contributed by atoms with van der Waals surface area (Å²) in [6.45, 7) is 6.28. The third kappa shape index (κ3) is 2.38. The van der Waals surface area contributed by atoms with Crippen LogP contribution in [0, 0.1) is 0 Å². The third-order valence-corrected chi connectivity index (χ3v) is 3.88. The Bertz CT molecular complexity index is 461. The van der Waals surface area contributed by atoms with Gasteiger partial charge in [0.2, 0.25) is 5.13 Å². The molecule has 0 aliphatic carbocycles. The first-order chi connectivity index (χ1) is 7.70. The summed E-state index contributed by atoms with van der Waals surface area (Å²) in [5, 5.41) is 13.4. The summed E-state index contributed by atoms with van der Waals surface area (Å²) in [5.74, 6) is 0. The van der Waals surface area contributed by atoms with Crippen LogP contribution < -0.4 is 5.32 Å². The van der Waals surface area contributed by atoms with Crippen LogP contribution in [0.25, 0.3) is 9.88 Å². The van der Waals surface area contributed by atoms with Crippen molar-refractivity contribution in [3.8, 4) is 9.88 Å². The SMILES string of the molecule is CCc1ncsc1-c1nnc(NC(C)C)s1. The Labute approximate surface area is 103 Å². The first-order valence-electron chi connectivity index (χ1n) is 5.23. The highest BCUT2D eigenvalue weighted by molar-refractivity contribution is 7.22. The highest BCUT2D eigenvalue weighted by atomic mass is 32.1. The van der Waals surface area contributed by atoms with E-state index in [1.54, 1.807) is 22.7 Å². The van der Waals surface area contributed by atoms with Crippen LogP contribution in [0.2, 0.25) is 0 Å². The second-order valence-corrected chi connectivity index (χ2v) is 5.53. The molecule has 0 bridgehead atoms. The monoisotopic (exact) mass is 254 g/mol. The molecule has 16 heavy (non-hydrogen) atoms. The molecule has 0 aliphatic heterocycles. The molecule has 0 unspecified atom stereocenters. The summed E-state index contributed by atoms with van der Waals surface area (Å²) in [5.41, 5.74) is 2.97. The van der Waals surface area contributed by atoms with Gasteiger partial charge in [-0.1, -0.05) is 18.3 Å². The van der Waals surface area contributed by atoms with Gasteiger partial charge in [-0.25, -0.2) is 4.98 Å². The standard InChI is InChI=1S/C10H14N4S2/c1-4-7-8(15-5-11-7)9-13-14-10(16-9)12-6(2)3/h5-6H,4H2,1-3H3,(H,12,14). The summed E-state index contributed by atoms with van der Waals surface area (Å²) in [6.07, 6.45) is 0.936. The maximum absolute atomic E-state index is 4.32. The second-order valence-electron chi connectivity index (χ2n) is 3.69. The van der Waals surface area contributed by atoms with Crippen molar-refractivity contribution < 1.29 is 0 Å². The van der Waals surface area contributed by atoms with Crippen molar-refractivity contribution in [1.29, 1.82) is 0 Å². The van der Waals surface area contributed by atoms with Crippen molar-refractivity contribution in [2.24, 2.45) is 0 Å². The van der Waals surface area contributed by atoms with Gasteiger partial charge in [0.15, 0.2) is 5.01 Å². The molecular weight excluding hydrogens is 240 g/mol. The predicted molar refractivity (Wildman–Crippen MR) is 69.2 cm³/mol.